The highest BCUT2D eigenvalue weighted by atomic mass is 32.2. The van der Waals surface area contributed by atoms with E-state index < -0.39 is 10.0 Å². The van der Waals surface area contributed by atoms with Crippen molar-refractivity contribution in [2.75, 3.05) is 0 Å². The van der Waals surface area contributed by atoms with E-state index in [9.17, 15) is 8.42 Å². The number of hydrogen-bond donors (Lipinski definition) is 1. The van der Waals surface area contributed by atoms with Crippen molar-refractivity contribution in [3.05, 3.63) is 77.4 Å². The molecule has 0 bridgehead atoms. The van der Waals surface area contributed by atoms with Crippen molar-refractivity contribution in [3.63, 3.8) is 0 Å². The van der Waals surface area contributed by atoms with Gasteiger partial charge >= 0.3 is 0 Å². The molecule has 1 aromatic carbocycles. The van der Waals surface area contributed by atoms with Gasteiger partial charge < -0.3 is 0 Å². The molecule has 0 unspecified atom stereocenters. The SMILES string of the molecule is O=S(=O)(NCc1cncc(-c2ccsc2)c1)c1cccc2cccnc12. The second-order valence-electron chi connectivity index (χ2n) is 5.75. The Kier molecular flexibility index (Phi) is 4.50. The average molecular weight is 381 g/mol. The number of rotatable bonds is 5. The first-order chi connectivity index (χ1) is 12.6. The van der Waals surface area contributed by atoms with Crippen LogP contribution in [-0.2, 0) is 16.6 Å². The highest BCUT2D eigenvalue weighted by Crippen LogP contribution is 2.23. The highest BCUT2D eigenvalue weighted by Gasteiger charge is 2.18. The van der Waals surface area contributed by atoms with E-state index in [1.165, 1.54) is 0 Å². The zero-order chi connectivity index (χ0) is 18.0. The van der Waals surface area contributed by atoms with E-state index >= 15 is 0 Å². The first kappa shape index (κ1) is 16.8. The van der Waals surface area contributed by atoms with Gasteiger partial charge in [-0.05, 0) is 46.2 Å². The van der Waals surface area contributed by atoms with Gasteiger partial charge in [0.05, 0.1) is 5.52 Å². The van der Waals surface area contributed by atoms with Crippen LogP contribution >= 0.6 is 11.3 Å². The second kappa shape index (κ2) is 6.95. The Morgan fingerprint density at radius 2 is 1.92 bits per heavy atom. The number of hydrogen-bond acceptors (Lipinski definition) is 5. The zero-order valence-electron chi connectivity index (χ0n) is 13.7. The molecule has 4 rings (SSSR count). The van der Waals surface area contributed by atoms with E-state index in [1.54, 1.807) is 48.1 Å². The third kappa shape index (κ3) is 3.37. The molecule has 0 atom stereocenters. The van der Waals surface area contributed by atoms with Crippen LogP contribution in [0.1, 0.15) is 5.56 Å². The van der Waals surface area contributed by atoms with E-state index in [2.05, 4.69) is 14.7 Å². The molecule has 4 aromatic rings. The molecule has 0 radical (unpaired) electrons. The van der Waals surface area contributed by atoms with E-state index in [-0.39, 0.29) is 11.4 Å². The van der Waals surface area contributed by atoms with Gasteiger partial charge in [0.15, 0.2) is 0 Å². The molecule has 26 heavy (non-hydrogen) atoms. The molecule has 0 saturated heterocycles. The van der Waals surface area contributed by atoms with Gasteiger partial charge in [-0.1, -0.05) is 18.2 Å². The van der Waals surface area contributed by atoms with Crippen LogP contribution in [0, 0.1) is 0 Å². The largest absolute Gasteiger partial charge is 0.264 e. The lowest BCUT2D eigenvalue weighted by Gasteiger charge is -2.09. The van der Waals surface area contributed by atoms with Crippen LogP contribution in [-0.4, -0.2) is 18.4 Å². The minimum absolute atomic E-state index is 0.163. The van der Waals surface area contributed by atoms with E-state index in [1.807, 2.05) is 35.0 Å². The molecule has 7 heteroatoms. The van der Waals surface area contributed by atoms with Crippen molar-refractivity contribution in [2.24, 2.45) is 0 Å². The summed E-state index contributed by atoms with van der Waals surface area (Å²) in [5, 5.41) is 4.82. The molecule has 0 aliphatic heterocycles. The van der Waals surface area contributed by atoms with Crippen molar-refractivity contribution in [3.8, 4) is 11.1 Å². The van der Waals surface area contributed by atoms with Gasteiger partial charge in [-0.3, -0.25) is 9.97 Å². The number of fused-ring (bicyclic) bond motifs is 1. The van der Waals surface area contributed by atoms with E-state index in [4.69, 9.17) is 0 Å². The van der Waals surface area contributed by atoms with Crippen LogP contribution in [0.25, 0.3) is 22.0 Å². The van der Waals surface area contributed by atoms with Gasteiger partial charge in [0.25, 0.3) is 0 Å². The average Bonchev–Trinajstić information content (AvgIpc) is 3.21. The Labute approximate surface area is 155 Å². The summed E-state index contributed by atoms with van der Waals surface area (Å²) >= 11 is 1.61. The highest BCUT2D eigenvalue weighted by molar-refractivity contribution is 7.89. The Morgan fingerprint density at radius 3 is 2.77 bits per heavy atom. The quantitative estimate of drug-likeness (QED) is 0.570. The molecule has 0 spiro atoms. The molecule has 5 nitrogen and oxygen atoms in total. The third-order valence-corrected chi connectivity index (χ3v) is 6.12. The van der Waals surface area contributed by atoms with Crippen molar-refractivity contribution in [1.29, 1.82) is 0 Å². The molecular weight excluding hydrogens is 366 g/mol. The summed E-state index contributed by atoms with van der Waals surface area (Å²) in [7, 11) is -3.69. The molecule has 130 valence electrons. The number of thiophene rings is 1. The minimum atomic E-state index is -3.69. The monoisotopic (exact) mass is 381 g/mol. The Balaban J connectivity index is 1.60. The fraction of sp³-hybridized carbons (Fsp3) is 0.0526. The van der Waals surface area contributed by atoms with Gasteiger partial charge in [-0.15, -0.1) is 0 Å². The first-order valence-corrected chi connectivity index (χ1v) is 10.4. The smallest absolute Gasteiger partial charge is 0.243 e. The Bertz CT molecular complexity index is 1150. The third-order valence-electron chi connectivity index (χ3n) is 4.00. The minimum Gasteiger partial charge on any atom is -0.264 e. The number of nitrogens with zero attached hydrogens (tertiary/aromatic N) is 2. The lowest BCUT2D eigenvalue weighted by Crippen LogP contribution is -2.23. The summed E-state index contributed by atoms with van der Waals surface area (Å²) in [4.78, 5) is 8.62. The number of nitrogens with one attached hydrogen (secondary N) is 1. The van der Waals surface area contributed by atoms with Crippen LogP contribution in [0.2, 0.25) is 0 Å². The fourth-order valence-electron chi connectivity index (χ4n) is 2.72. The topological polar surface area (TPSA) is 72.0 Å². The summed E-state index contributed by atoms with van der Waals surface area (Å²) in [5.74, 6) is 0. The van der Waals surface area contributed by atoms with Crippen LogP contribution in [0.4, 0.5) is 0 Å². The number of sulfonamides is 1. The van der Waals surface area contributed by atoms with Crippen molar-refractivity contribution < 1.29 is 8.42 Å². The molecule has 3 heterocycles. The van der Waals surface area contributed by atoms with Gasteiger partial charge in [0.1, 0.15) is 4.90 Å². The maximum Gasteiger partial charge on any atom is 0.243 e. The summed E-state index contributed by atoms with van der Waals surface area (Å²) < 4.78 is 28.2. The van der Waals surface area contributed by atoms with Crippen LogP contribution in [0.15, 0.2) is 76.7 Å². The van der Waals surface area contributed by atoms with Crippen LogP contribution < -0.4 is 4.72 Å². The number of benzene rings is 1. The second-order valence-corrected chi connectivity index (χ2v) is 8.27. The fourth-order valence-corrected chi connectivity index (χ4v) is 4.58. The Hall–Kier alpha value is -2.61. The maximum absolute atomic E-state index is 12.8. The lowest BCUT2D eigenvalue weighted by atomic mass is 10.1. The number of pyridine rings is 2. The van der Waals surface area contributed by atoms with Crippen molar-refractivity contribution >= 4 is 32.3 Å². The van der Waals surface area contributed by atoms with Crippen molar-refractivity contribution in [1.82, 2.24) is 14.7 Å². The maximum atomic E-state index is 12.8. The molecule has 0 saturated carbocycles. The normalized spacial score (nSPS) is 11.7. The van der Waals surface area contributed by atoms with Gasteiger partial charge in [0.2, 0.25) is 10.0 Å². The summed E-state index contributed by atoms with van der Waals surface area (Å²) in [6.07, 6.45) is 5.03. The molecule has 3 aromatic heterocycles. The van der Waals surface area contributed by atoms with Crippen LogP contribution in [0.5, 0.6) is 0 Å². The van der Waals surface area contributed by atoms with Gasteiger partial charge in [-0.25, -0.2) is 13.1 Å². The number of para-hydroxylation sites is 1. The summed E-state index contributed by atoms with van der Waals surface area (Å²) in [5.41, 5.74) is 3.30. The molecule has 0 fully saturated rings. The predicted octanol–water partition coefficient (Wildman–Crippen LogP) is 3.84. The lowest BCUT2D eigenvalue weighted by molar-refractivity contribution is 0.582. The first-order valence-electron chi connectivity index (χ1n) is 7.93. The Morgan fingerprint density at radius 1 is 1.04 bits per heavy atom. The molecule has 0 amide bonds. The van der Waals surface area contributed by atoms with E-state index in [0.29, 0.717) is 5.52 Å². The molecule has 1 N–H and O–H groups in total. The van der Waals surface area contributed by atoms with Gasteiger partial charge in [-0.2, -0.15) is 11.3 Å². The summed E-state index contributed by atoms with van der Waals surface area (Å²) in [6.45, 7) is 0.163. The van der Waals surface area contributed by atoms with Crippen LogP contribution in [0.3, 0.4) is 0 Å². The predicted molar refractivity (Wildman–Crippen MR) is 103 cm³/mol. The van der Waals surface area contributed by atoms with Crippen molar-refractivity contribution in [2.45, 2.75) is 11.4 Å². The zero-order valence-corrected chi connectivity index (χ0v) is 15.3. The van der Waals surface area contributed by atoms with Gasteiger partial charge in [0, 0.05) is 36.1 Å². The molecule has 0 aliphatic carbocycles. The van der Waals surface area contributed by atoms with E-state index in [0.717, 1.165) is 22.1 Å². The molecular formula is C19H15N3O2S2. The molecule has 0 aliphatic rings. The number of aromatic nitrogens is 2. The standard InChI is InChI=1S/C19H15N3O2S2/c23-26(24,18-5-1-3-15-4-2-7-21-19(15)18)22-11-14-9-17(12-20-10-14)16-6-8-25-13-16/h1-10,12-13,22H,11H2. The summed E-state index contributed by atoms with van der Waals surface area (Å²) in [6, 6.07) is 12.7.